The van der Waals surface area contributed by atoms with Gasteiger partial charge in [0.25, 0.3) is 0 Å². The first-order chi connectivity index (χ1) is 26.2. The standard InChI is InChI=1S/C49H52N4O/c1-8-9-15-36-22-23-50-46(26-36)52-44-19-14-13-18-42(44)43-21-20-40(30-45(43)52)54-41-28-38(31(2)3)27-39(29-41)53-49(37-16-11-10-12-17-37)48(35(7)51-53)47-33(5)24-32(4)25-34(47)6/h10-14,16-24,26-32,34,47H,8-9,15,25H2,1-7H3/t32-,34-,47?/m0/s1. The Labute approximate surface area is 320 Å². The zero-order valence-corrected chi connectivity index (χ0v) is 32.8. The Morgan fingerprint density at radius 2 is 1.59 bits per heavy atom. The van der Waals surface area contributed by atoms with Crippen molar-refractivity contribution in [3.8, 4) is 34.3 Å². The van der Waals surface area contributed by atoms with Gasteiger partial charge in [-0.3, -0.25) is 4.57 Å². The molecule has 0 fully saturated rings. The average Bonchev–Trinajstić information content (AvgIpc) is 3.68. The fourth-order valence-corrected chi connectivity index (χ4v) is 8.91. The first-order valence-corrected chi connectivity index (χ1v) is 19.8. The molecule has 0 bridgehead atoms. The van der Waals surface area contributed by atoms with E-state index >= 15 is 0 Å². The molecule has 0 radical (unpaired) electrons. The normalized spacial score (nSPS) is 17.4. The van der Waals surface area contributed by atoms with Gasteiger partial charge in [0.05, 0.1) is 28.1 Å². The lowest BCUT2D eigenvalue weighted by molar-refractivity contribution is 0.391. The van der Waals surface area contributed by atoms with Crippen molar-refractivity contribution in [3.63, 3.8) is 0 Å². The van der Waals surface area contributed by atoms with Gasteiger partial charge in [0.2, 0.25) is 0 Å². The van der Waals surface area contributed by atoms with Crippen LogP contribution < -0.4 is 4.74 Å². The molecule has 5 heteroatoms. The molecule has 0 spiro atoms. The van der Waals surface area contributed by atoms with Crippen molar-refractivity contribution in [2.45, 2.75) is 86.0 Å². The molecular formula is C49H52N4O. The maximum Gasteiger partial charge on any atom is 0.137 e. The van der Waals surface area contributed by atoms with Gasteiger partial charge in [0.1, 0.15) is 17.3 Å². The third-order valence-electron chi connectivity index (χ3n) is 11.4. The van der Waals surface area contributed by atoms with Crippen molar-refractivity contribution in [2.24, 2.45) is 11.8 Å². The number of nitrogens with zero attached hydrogens (tertiary/aromatic N) is 4. The van der Waals surface area contributed by atoms with E-state index < -0.39 is 0 Å². The fourth-order valence-electron chi connectivity index (χ4n) is 8.91. The molecular weight excluding hydrogens is 661 g/mol. The molecule has 1 unspecified atom stereocenters. The van der Waals surface area contributed by atoms with Gasteiger partial charge in [-0.25, -0.2) is 9.67 Å². The van der Waals surface area contributed by atoms with Gasteiger partial charge in [-0.2, -0.15) is 5.10 Å². The number of allylic oxidation sites excluding steroid dienone is 2. The lowest BCUT2D eigenvalue weighted by atomic mass is 9.72. The van der Waals surface area contributed by atoms with Crippen LogP contribution >= 0.6 is 0 Å². The number of benzene rings is 4. The molecule has 5 nitrogen and oxygen atoms in total. The quantitative estimate of drug-likeness (QED) is 0.133. The van der Waals surface area contributed by atoms with Gasteiger partial charge in [-0.15, -0.1) is 0 Å². The molecule has 54 heavy (non-hydrogen) atoms. The molecule has 3 aromatic heterocycles. The van der Waals surface area contributed by atoms with Crippen LogP contribution in [0.2, 0.25) is 0 Å². The molecule has 1 aliphatic carbocycles. The Balaban J connectivity index is 1.25. The summed E-state index contributed by atoms with van der Waals surface area (Å²) in [5, 5.41) is 7.71. The Morgan fingerprint density at radius 1 is 0.815 bits per heavy atom. The van der Waals surface area contributed by atoms with E-state index in [0.29, 0.717) is 23.7 Å². The number of hydrogen-bond donors (Lipinski definition) is 0. The summed E-state index contributed by atoms with van der Waals surface area (Å²) in [6, 6.07) is 36.9. The van der Waals surface area contributed by atoms with E-state index in [0.717, 1.165) is 59.0 Å². The summed E-state index contributed by atoms with van der Waals surface area (Å²) in [7, 11) is 0. The van der Waals surface area contributed by atoms with Crippen LogP contribution in [0.25, 0.3) is 44.6 Å². The predicted octanol–water partition coefficient (Wildman–Crippen LogP) is 13.3. The Kier molecular flexibility index (Phi) is 9.74. The summed E-state index contributed by atoms with van der Waals surface area (Å²) < 4.78 is 11.3. The number of para-hydroxylation sites is 1. The van der Waals surface area contributed by atoms with E-state index in [1.807, 2.05) is 6.20 Å². The van der Waals surface area contributed by atoms with Crippen molar-refractivity contribution < 1.29 is 4.74 Å². The molecule has 4 aromatic carbocycles. The molecule has 8 rings (SSSR count). The number of unbranched alkanes of at least 4 members (excludes halogenated alkanes) is 1. The molecule has 274 valence electrons. The van der Waals surface area contributed by atoms with Gasteiger partial charge >= 0.3 is 0 Å². The van der Waals surface area contributed by atoms with Crippen LogP contribution in [0.3, 0.4) is 0 Å². The first kappa shape index (κ1) is 35.6. The maximum atomic E-state index is 6.86. The number of aromatic nitrogens is 4. The van der Waals surface area contributed by atoms with E-state index in [-0.39, 0.29) is 0 Å². The van der Waals surface area contributed by atoms with E-state index in [1.54, 1.807) is 0 Å². The topological polar surface area (TPSA) is 44.9 Å². The average molecular weight is 713 g/mol. The fraction of sp³-hybridized carbons (Fsp3) is 0.306. The summed E-state index contributed by atoms with van der Waals surface area (Å²) in [4.78, 5) is 4.88. The van der Waals surface area contributed by atoms with Crippen molar-refractivity contribution in [1.29, 1.82) is 0 Å². The lowest BCUT2D eigenvalue weighted by Gasteiger charge is -2.32. The summed E-state index contributed by atoms with van der Waals surface area (Å²) in [6.45, 7) is 16.0. The smallest absolute Gasteiger partial charge is 0.137 e. The summed E-state index contributed by atoms with van der Waals surface area (Å²) in [5.74, 6) is 4.22. The van der Waals surface area contributed by atoms with Gasteiger partial charge in [-0.05, 0) is 104 Å². The minimum Gasteiger partial charge on any atom is -0.457 e. The number of fused-ring (bicyclic) bond motifs is 3. The number of rotatable bonds is 10. The van der Waals surface area contributed by atoms with Crippen LogP contribution in [-0.2, 0) is 6.42 Å². The van der Waals surface area contributed by atoms with Crippen molar-refractivity contribution >= 4 is 21.8 Å². The number of aryl methyl sites for hydroxylation is 2. The third-order valence-corrected chi connectivity index (χ3v) is 11.4. The highest BCUT2D eigenvalue weighted by atomic mass is 16.5. The van der Waals surface area contributed by atoms with Gasteiger partial charge in [-0.1, -0.05) is 101 Å². The van der Waals surface area contributed by atoms with Crippen LogP contribution in [0, 0.1) is 18.8 Å². The summed E-state index contributed by atoms with van der Waals surface area (Å²) in [6.07, 6.45) is 8.96. The highest BCUT2D eigenvalue weighted by molar-refractivity contribution is 6.09. The van der Waals surface area contributed by atoms with Crippen LogP contribution in [0.15, 0.2) is 121 Å². The zero-order chi connectivity index (χ0) is 37.5. The molecule has 3 atom stereocenters. The molecule has 0 saturated heterocycles. The lowest BCUT2D eigenvalue weighted by Crippen LogP contribution is -2.20. The Bertz CT molecular complexity index is 2480. The van der Waals surface area contributed by atoms with E-state index in [9.17, 15) is 0 Å². The van der Waals surface area contributed by atoms with Gasteiger partial charge < -0.3 is 4.74 Å². The minimum atomic E-state index is 0.296. The molecule has 0 N–H and O–H groups in total. The van der Waals surface area contributed by atoms with Crippen molar-refractivity contribution in [2.75, 3.05) is 0 Å². The van der Waals surface area contributed by atoms with Crippen LogP contribution in [0.5, 0.6) is 11.5 Å². The molecule has 7 aromatic rings. The van der Waals surface area contributed by atoms with Crippen LogP contribution in [0.4, 0.5) is 0 Å². The largest absolute Gasteiger partial charge is 0.457 e. The van der Waals surface area contributed by atoms with Crippen LogP contribution in [0.1, 0.15) is 95.0 Å². The monoisotopic (exact) mass is 712 g/mol. The first-order valence-electron chi connectivity index (χ1n) is 19.8. The number of pyridine rings is 1. The number of hydrogen-bond acceptors (Lipinski definition) is 3. The maximum absolute atomic E-state index is 6.86. The van der Waals surface area contributed by atoms with Crippen LogP contribution in [-0.4, -0.2) is 19.3 Å². The molecule has 0 saturated carbocycles. The highest BCUT2D eigenvalue weighted by Crippen LogP contribution is 2.46. The number of ether oxygens (including phenoxy) is 1. The second kappa shape index (κ2) is 14.8. The SMILES string of the molecule is CCCCc1ccnc(-n2c3ccccc3c3ccc(Oc4cc(C(C)C)cc(-n5nc(C)c(C6C(C)=C[C@H](C)C[C@@H]6C)c5-c5ccccc5)c4)cc32)c1. The van der Waals surface area contributed by atoms with E-state index in [1.165, 1.54) is 50.7 Å². The zero-order valence-electron chi connectivity index (χ0n) is 32.8. The summed E-state index contributed by atoms with van der Waals surface area (Å²) in [5.41, 5.74) is 11.9. The minimum absolute atomic E-state index is 0.296. The van der Waals surface area contributed by atoms with E-state index in [2.05, 4.69) is 167 Å². The second-order valence-electron chi connectivity index (χ2n) is 15.9. The van der Waals surface area contributed by atoms with E-state index in [4.69, 9.17) is 14.8 Å². The summed E-state index contributed by atoms with van der Waals surface area (Å²) >= 11 is 0. The van der Waals surface area contributed by atoms with Gasteiger partial charge in [0, 0.05) is 46.1 Å². The predicted molar refractivity (Wildman–Crippen MR) is 225 cm³/mol. The molecule has 0 aliphatic heterocycles. The molecule has 0 amide bonds. The third kappa shape index (κ3) is 6.66. The Morgan fingerprint density at radius 3 is 2.37 bits per heavy atom. The molecule has 3 heterocycles. The molecule has 1 aliphatic rings. The second-order valence-corrected chi connectivity index (χ2v) is 15.9. The Hall–Kier alpha value is -5.42. The van der Waals surface area contributed by atoms with Gasteiger partial charge in [0.15, 0.2) is 0 Å². The van der Waals surface area contributed by atoms with Crippen molar-refractivity contribution in [3.05, 3.63) is 143 Å². The highest BCUT2D eigenvalue weighted by Gasteiger charge is 2.33. The van der Waals surface area contributed by atoms with Crippen molar-refractivity contribution in [1.82, 2.24) is 19.3 Å².